The molecule has 0 saturated carbocycles. The Bertz CT molecular complexity index is 1550. The van der Waals surface area contributed by atoms with Gasteiger partial charge in [-0.2, -0.15) is 0 Å². The molecule has 0 spiro atoms. The number of tetrazole rings is 1. The van der Waals surface area contributed by atoms with Crippen molar-refractivity contribution in [2.75, 3.05) is 26.4 Å². The second kappa shape index (κ2) is 15.1. The number of rotatable bonds is 12. The summed E-state index contributed by atoms with van der Waals surface area (Å²) in [5.74, 6) is 0.732. The van der Waals surface area contributed by atoms with Gasteiger partial charge >= 0.3 is 6.09 Å². The normalized spacial score (nSPS) is 15.6. The highest BCUT2D eigenvalue weighted by molar-refractivity contribution is 6.10. The van der Waals surface area contributed by atoms with Gasteiger partial charge in [-0.25, -0.2) is 14.6 Å². The number of aromatic nitrogens is 4. The van der Waals surface area contributed by atoms with Crippen molar-refractivity contribution < 1.29 is 34.3 Å². The Morgan fingerprint density at radius 2 is 1.75 bits per heavy atom. The maximum Gasteiger partial charge on any atom is 0.453 e. The van der Waals surface area contributed by atoms with E-state index in [9.17, 15) is 9.59 Å². The third-order valence-electron chi connectivity index (χ3n) is 6.43. The average Bonchev–Trinajstić information content (AvgIpc) is 3.49. The fourth-order valence-electron chi connectivity index (χ4n) is 4.43. The van der Waals surface area contributed by atoms with Crippen LogP contribution in [0.2, 0.25) is 0 Å². The third kappa shape index (κ3) is 8.40. The number of carbonyl (C=O) groups excluding carboxylic acids is 2. The number of amidine groups is 1. The largest absolute Gasteiger partial charge is 0.453 e. The molecule has 0 radical (unpaired) electrons. The van der Waals surface area contributed by atoms with Crippen LogP contribution in [0.3, 0.4) is 0 Å². The first-order valence-electron chi connectivity index (χ1n) is 13.7. The lowest BCUT2D eigenvalue weighted by Crippen LogP contribution is -2.42. The standard InChI is InChI=1S/C29H34N8O7/c1-19(2)31-28-23(20(3)30)12-13-26(38)35(28)18-21-8-10-22(11-9-21)24-6-4-5-7-25(24)27-32-34-36(33-27)29(39)43-16-14-42-15-17-44-37(40)41/h4-11,40-41H,1,12-18,30H2,2-3H3/b23-20-,31-28+. The van der Waals surface area contributed by atoms with Crippen molar-refractivity contribution in [1.29, 1.82) is 0 Å². The van der Waals surface area contributed by atoms with Gasteiger partial charge in [0.05, 0.1) is 31.8 Å². The van der Waals surface area contributed by atoms with Crippen LogP contribution in [0.25, 0.3) is 22.5 Å². The lowest BCUT2D eigenvalue weighted by atomic mass is 9.97. The van der Waals surface area contributed by atoms with E-state index in [1.807, 2.05) is 55.5 Å². The monoisotopic (exact) mass is 606 g/mol. The molecule has 1 aromatic heterocycles. The fourth-order valence-corrected chi connectivity index (χ4v) is 4.43. The number of piperidine rings is 1. The highest BCUT2D eigenvalue weighted by atomic mass is 17.1. The lowest BCUT2D eigenvalue weighted by molar-refractivity contribution is -0.493. The number of carbonyl (C=O) groups is 2. The molecule has 1 aliphatic heterocycles. The molecule has 0 atom stereocenters. The minimum Gasteiger partial charge on any atom is -0.444 e. The molecule has 0 bridgehead atoms. The van der Waals surface area contributed by atoms with E-state index >= 15 is 0 Å². The average molecular weight is 607 g/mol. The van der Waals surface area contributed by atoms with Crippen LogP contribution in [-0.2, 0) is 25.7 Å². The number of ether oxygens (including phenoxy) is 2. The Morgan fingerprint density at radius 1 is 1.05 bits per heavy atom. The van der Waals surface area contributed by atoms with Crippen molar-refractivity contribution >= 4 is 17.8 Å². The minimum atomic E-state index is -0.841. The zero-order chi connectivity index (χ0) is 31.6. The highest BCUT2D eigenvalue weighted by Gasteiger charge is 2.29. The summed E-state index contributed by atoms with van der Waals surface area (Å²) in [4.78, 5) is 36.5. The molecule has 0 unspecified atom stereocenters. The quantitative estimate of drug-likeness (QED) is 0.202. The van der Waals surface area contributed by atoms with Crippen LogP contribution in [-0.4, -0.2) is 85.2 Å². The van der Waals surface area contributed by atoms with Crippen molar-refractivity contribution in [3.8, 4) is 22.5 Å². The second-order valence-corrected chi connectivity index (χ2v) is 9.77. The number of nitrogens with two attached hydrogens (primary N) is 1. The molecular formula is C29H34N8O7. The molecule has 1 aliphatic rings. The predicted octanol–water partition coefficient (Wildman–Crippen LogP) is 3.31. The Hall–Kier alpha value is -4.80. The van der Waals surface area contributed by atoms with Crippen LogP contribution in [0.1, 0.15) is 32.3 Å². The van der Waals surface area contributed by atoms with Crippen molar-refractivity contribution in [2.45, 2.75) is 33.2 Å². The highest BCUT2D eigenvalue weighted by Crippen LogP contribution is 2.31. The van der Waals surface area contributed by atoms with Gasteiger partial charge in [-0.1, -0.05) is 59.9 Å². The Morgan fingerprint density at radius 3 is 2.43 bits per heavy atom. The van der Waals surface area contributed by atoms with Gasteiger partial charge in [-0.3, -0.25) is 20.1 Å². The molecule has 4 rings (SSSR count). The van der Waals surface area contributed by atoms with E-state index in [0.717, 1.165) is 27.1 Å². The van der Waals surface area contributed by atoms with Gasteiger partial charge in [0.2, 0.25) is 11.7 Å². The first-order valence-corrected chi connectivity index (χ1v) is 13.7. The van der Waals surface area contributed by atoms with Crippen LogP contribution < -0.4 is 5.73 Å². The molecule has 0 aliphatic carbocycles. The molecule has 15 nitrogen and oxygen atoms in total. The number of nitrogens with zero attached hydrogens (tertiary/aromatic N) is 7. The van der Waals surface area contributed by atoms with Gasteiger partial charge in [0.25, 0.3) is 0 Å². The summed E-state index contributed by atoms with van der Waals surface area (Å²) in [6, 6.07) is 15.2. The zero-order valence-electron chi connectivity index (χ0n) is 24.4. The first kappa shape index (κ1) is 32.1. The Kier molecular flexibility index (Phi) is 11.0. The first-order chi connectivity index (χ1) is 21.1. The molecule has 1 fully saturated rings. The molecule has 1 amide bonds. The van der Waals surface area contributed by atoms with E-state index in [2.05, 4.69) is 31.8 Å². The zero-order valence-corrected chi connectivity index (χ0v) is 24.4. The predicted molar refractivity (Wildman–Crippen MR) is 157 cm³/mol. The number of amides is 1. The summed E-state index contributed by atoms with van der Waals surface area (Å²) in [6.45, 7) is 7.68. The third-order valence-corrected chi connectivity index (χ3v) is 6.43. The molecule has 2 aromatic carbocycles. The van der Waals surface area contributed by atoms with Gasteiger partial charge < -0.3 is 15.2 Å². The SMILES string of the molecule is C=C(C)/N=C1\C(=C(\C)N)CCC(=O)N1Cc1ccc(-c2ccccc2-c2nnn(C(=O)OCCOCCON(O)O)n2)cc1. The van der Waals surface area contributed by atoms with Crippen LogP contribution in [0.15, 0.2) is 77.1 Å². The lowest BCUT2D eigenvalue weighted by Gasteiger charge is -2.31. The smallest absolute Gasteiger partial charge is 0.444 e. The van der Waals surface area contributed by atoms with Crippen LogP contribution in [0, 0.1) is 0 Å². The molecular weight excluding hydrogens is 572 g/mol. The maximum absolute atomic E-state index is 12.9. The molecule has 1 saturated heterocycles. The van der Waals surface area contributed by atoms with E-state index < -0.39 is 11.5 Å². The van der Waals surface area contributed by atoms with Gasteiger partial charge in [0.15, 0.2) is 0 Å². The summed E-state index contributed by atoms with van der Waals surface area (Å²) in [6.07, 6.45) is 0.0503. The second-order valence-electron chi connectivity index (χ2n) is 9.77. The maximum atomic E-state index is 12.9. The van der Waals surface area contributed by atoms with Gasteiger partial charge in [-0.05, 0) is 42.2 Å². The summed E-state index contributed by atoms with van der Waals surface area (Å²) in [5.41, 5.74) is 11.4. The van der Waals surface area contributed by atoms with Crippen molar-refractivity contribution in [3.05, 3.63) is 77.6 Å². The van der Waals surface area contributed by atoms with E-state index in [0.29, 0.717) is 42.2 Å². The van der Waals surface area contributed by atoms with Gasteiger partial charge in [-0.15, -0.1) is 10.2 Å². The van der Waals surface area contributed by atoms with Crippen LogP contribution in [0.5, 0.6) is 0 Å². The van der Waals surface area contributed by atoms with E-state index in [-0.39, 0.29) is 38.2 Å². The number of aliphatic imine (C=N–C) groups is 1. The number of hydrogen-bond donors (Lipinski definition) is 3. The summed E-state index contributed by atoms with van der Waals surface area (Å²) in [7, 11) is 0. The topological polar surface area (TPSA) is 191 Å². The molecule has 4 N–H and O–H groups in total. The molecule has 44 heavy (non-hydrogen) atoms. The molecule has 232 valence electrons. The van der Waals surface area contributed by atoms with Crippen molar-refractivity contribution in [2.24, 2.45) is 10.7 Å². The van der Waals surface area contributed by atoms with Crippen LogP contribution >= 0.6 is 0 Å². The number of likely N-dealkylation sites (tertiary alicyclic amines) is 1. The van der Waals surface area contributed by atoms with Crippen LogP contribution in [0.4, 0.5) is 4.79 Å². The summed E-state index contributed by atoms with van der Waals surface area (Å²) in [5, 5.41) is 28.5. The van der Waals surface area contributed by atoms with E-state index in [1.54, 1.807) is 11.8 Å². The minimum absolute atomic E-state index is 0.0311. The number of benzene rings is 2. The Balaban J connectivity index is 1.44. The van der Waals surface area contributed by atoms with Crippen molar-refractivity contribution in [3.63, 3.8) is 0 Å². The number of allylic oxidation sites excluding steroid dienone is 2. The van der Waals surface area contributed by atoms with Crippen molar-refractivity contribution in [1.82, 2.24) is 30.5 Å². The Labute approximate surface area is 253 Å². The van der Waals surface area contributed by atoms with E-state index in [1.165, 1.54) is 0 Å². The molecule has 3 aromatic rings. The molecule has 15 heteroatoms. The fraction of sp³-hybridized carbons (Fsp3) is 0.310. The summed E-state index contributed by atoms with van der Waals surface area (Å²) < 4.78 is 10.2. The van der Waals surface area contributed by atoms with E-state index in [4.69, 9.17) is 25.6 Å². The molecule has 2 heterocycles. The van der Waals surface area contributed by atoms with Gasteiger partial charge in [0, 0.05) is 29.0 Å². The van der Waals surface area contributed by atoms with Gasteiger partial charge in [0.1, 0.15) is 12.4 Å². The number of hydrogen-bond acceptors (Lipinski definition) is 13. The summed E-state index contributed by atoms with van der Waals surface area (Å²) >= 11 is 0.